The molecule has 0 aromatic rings. The minimum absolute atomic E-state index is 0.244. The highest BCUT2D eigenvalue weighted by atomic mass is 16.5. The Kier molecular flexibility index (Phi) is 10.0. The molecule has 0 amide bonds. The van der Waals surface area contributed by atoms with Crippen LogP contribution in [0, 0.1) is 17.8 Å². The van der Waals surface area contributed by atoms with Crippen molar-refractivity contribution in [2.45, 2.75) is 60.3 Å². The van der Waals surface area contributed by atoms with Gasteiger partial charge < -0.3 is 4.74 Å². The lowest BCUT2D eigenvalue weighted by molar-refractivity contribution is -0.154. The molecule has 0 aromatic carbocycles. The van der Waals surface area contributed by atoms with Gasteiger partial charge in [-0.2, -0.15) is 0 Å². The lowest BCUT2D eigenvalue weighted by Crippen LogP contribution is -2.22. The quantitative estimate of drug-likeness (QED) is 0.343. The first kappa shape index (κ1) is 18.9. The van der Waals surface area contributed by atoms with E-state index in [4.69, 9.17) is 4.74 Å². The van der Waals surface area contributed by atoms with Gasteiger partial charge in [0.25, 0.3) is 0 Å². The molecule has 0 saturated heterocycles. The van der Waals surface area contributed by atoms with Crippen molar-refractivity contribution in [1.29, 1.82) is 0 Å². The van der Waals surface area contributed by atoms with Crippen LogP contribution in [0.3, 0.4) is 0 Å². The molecule has 2 atom stereocenters. The molecule has 20 heavy (non-hydrogen) atoms. The fourth-order valence-electron chi connectivity index (χ4n) is 1.98. The topological polar surface area (TPSA) is 43.4 Å². The van der Waals surface area contributed by atoms with Crippen LogP contribution >= 0.6 is 0 Å². The standard InChI is InChI=1S/C17H30O3/c1-6-20-17(19)16(18)15(5)12-8-11-14(4)10-7-9-13(2)3/h8,12-15H,6-7,9-11H2,1-5H3. The van der Waals surface area contributed by atoms with Crippen LogP contribution < -0.4 is 0 Å². The van der Waals surface area contributed by atoms with E-state index in [2.05, 4.69) is 20.8 Å². The Morgan fingerprint density at radius 3 is 2.30 bits per heavy atom. The second kappa shape index (κ2) is 10.6. The van der Waals surface area contributed by atoms with E-state index >= 15 is 0 Å². The number of hydrogen-bond donors (Lipinski definition) is 0. The molecule has 116 valence electrons. The Morgan fingerprint density at radius 1 is 1.10 bits per heavy atom. The molecule has 0 aliphatic heterocycles. The van der Waals surface area contributed by atoms with E-state index in [1.165, 1.54) is 19.3 Å². The van der Waals surface area contributed by atoms with E-state index in [1.54, 1.807) is 13.8 Å². The van der Waals surface area contributed by atoms with E-state index in [-0.39, 0.29) is 6.61 Å². The van der Waals surface area contributed by atoms with Gasteiger partial charge in [-0.3, -0.25) is 4.79 Å². The van der Waals surface area contributed by atoms with Crippen molar-refractivity contribution in [3.63, 3.8) is 0 Å². The van der Waals surface area contributed by atoms with Gasteiger partial charge in [-0.05, 0) is 25.2 Å². The molecular weight excluding hydrogens is 252 g/mol. The van der Waals surface area contributed by atoms with E-state index in [9.17, 15) is 9.59 Å². The molecule has 3 heteroatoms. The van der Waals surface area contributed by atoms with Crippen LogP contribution in [-0.2, 0) is 14.3 Å². The predicted molar refractivity (Wildman–Crippen MR) is 82.4 cm³/mol. The highest BCUT2D eigenvalue weighted by Gasteiger charge is 2.19. The first-order chi connectivity index (χ1) is 9.38. The molecule has 0 saturated carbocycles. The zero-order chi connectivity index (χ0) is 15.5. The second-order valence-electron chi connectivity index (χ2n) is 5.97. The van der Waals surface area contributed by atoms with Gasteiger partial charge in [0.2, 0.25) is 5.78 Å². The zero-order valence-electron chi connectivity index (χ0n) is 13.6. The van der Waals surface area contributed by atoms with Crippen molar-refractivity contribution >= 4 is 11.8 Å². The van der Waals surface area contributed by atoms with Crippen LogP contribution in [0.15, 0.2) is 12.2 Å². The first-order valence-corrected chi connectivity index (χ1v) is 7.76. The van der Waals surface area contributed by atoms with Gasteiger partial charge in [0.1, 0.15) is 0 Å². The van der Waals surface area contributed by atoms with Crippen LogP contribution in [0.25, 0.3) is 0 Å². The first-order valence-electron chi connectivity index (χ1n) is 7.76. The molecule has 2 unspecified atom stereocenters. The average molecular weight is 282 g/mol. The molecule has 0 aromatic heterocycles. The van der Waals surface area contributed by atoms with Crippen molar-refractivity contribution in [2.24, 2.45) is 17.8 Å². The van der Waals surface area contributed by atoms with Crippen LogP contribution in [0.4, 0.5) is 0 Å². The summed E-state index contributed by atoms with van der Waals surface area (Å²) in [4.78, 5) is 22.9. The lowest BCUT2D eigenvalue weighted by Gasteiger charge is -2.10. The fourth-order valence-corrected chi connectivity index (χ4v) is 1.98. The zero-order valence-corrected chi connectivity index (χ0v) is 13.6. The second-order valence-corrected chi connectivity index (χ2v) is 5.97. The summed E-state index contributed by atoms with van der Waals surface area (Å²) in [7, 11) is 0. The molecule has 0 bridgehead atoms. The van der Waals surface area contributed by atoms with E-state index in [1.807, 2.05) is 12.2 Å². The van der Waals surface area contributed by atoms with Gasteiger partial charge in [0, 0.05) is 5.92 Å². The summed E-state index contributed by atoms with van der Waals surface area (Å²) in [5, 5.41) is 0. The number of carbonyl (C=O) groups excluding carboxylic acids is 2. The number of hydrogen-bond acceptors (Lipinski definition) is 3. The van der Waals surface area contributed by atoms with Gasteiger partial charge >= 0.3 is 5.97 Å². The maximum atomic E-state index is 11.6. The third kappa shape index (κ3) is 8.89. The number of ketones is 1. The fraction of sp³-hybridized carbons (Fsp3) is 0.765. The van der Waals surface area contributed by atoms with Crippen LogP contribution in [-0.4, -0.2) is 18.4 Å². The molecule has 0 N–H and O–H groups in total. The smallest absolute Gasteiger partial charge is 0.375 e. The molecule has 0 spiro atoms. The number of carbonyl (C=O) groups is 2. The summed E-state index contributed by atoms with van der Waals surface area (Å²) in [5.74, 6) is -0.197. The molecule has 0 fully saturated rings. The van der Waals surface area contributed by atoms with Gasteiger partial charge in [-0.15, -0.1) is 0 Å². The summed E-state index contributed by atoms with van der Waals surface area (Å²) in [5.41, 5.74) is 0. The minimum atomic E-state index is -0.727. The third-order valence-electron chi connectivity index (χ3n) is 3.33. The Balaban J connectivity index is 3.98. The molecular formula is C17H30O3. The van der Waals surface area contributed by atoms with E-state index < -0.39 is 17.7 Å². The minimum Gasteiger partial charge on any atom is -0.460 e. The average Bonchev–Trinajstić information content (AvgIpc) is 2.37. The Morgan fingerprint density at radius 2 is 1.75 bits per heavy atom. The summed E-state index contributed by atoms with van der Waals surface area (Å²) >= 11 is 0. The number of esters is 1. The number of allylic oxidation sites excluding steroid dienone is 2. The Labute approximate surface area is 123 Å². The molecule has 0 rings (SSSR count). The number of rotatable bonds is 10. The van der Waals surface area contributed by atoms with E-state index in [0.717, 1.165) is 12.3 Å². The van der Waals surface area contributed by atoms with Crippen molar-refractivity contribution in [3.8, 4) is 0 Å². The molecule has 0 aliphatic carbocycles. The van der Waals surface area contributed by atoms with Crippen LogP contribution in [0.5, 0.6) is 0 Å². The van der Waals surface area contributed by atoms with E-state index in [0.29, 0.717) is 5.92 Å². The molecule has 3 nitrogen and oxygen atoms in total. The normalized spacial score (nSPS) is 14.5. The van der Waals surface area contributed by atoms with Gasteiger partial charge in [-0.25, -0.2) is 4.79 Å². The van der Waals surface area contributed by atoms with Gasteiger partial charge in [0.05, 0.1) is 6.61 Å². The maximum Gasteiger partial charge on any atom is 0.375 e. The summed E-state index contributed by atoms with van der Waals surface area (Å²) < 4.78 is 4.71. The highest BCUT2D eigenvalue weighted by molar-refractivity contribution is 6.34. The van der Waals surface area contributed by atoms with Gasteiger partial charge in [-0.1, -0.05) is 59.1 Å². The SMILES string of the molecule is CCOC(=O)C(=O)C(C)C=CCC(C)CCCC(C)C. The third-order valence-corrected chi connectivity index (χ3v) is 3.33. The predicted octanol–water partition coefficient (Wildman–Crippen LogP) is 4.16. The van der Waals surface area contributed by atoms with Crippen molar-refractivity contribution in [2.75, 3.05) is 6.61 Å². The summed E-state index contributed by atoms with van der Waals surface area (Å²) in [6.45, 7) is 10.4. The van der Waals surface area contributed by atoms with Gasteiger partial charge in [0.15, 0.2) is 0 Å². The molecule has 0 heterocycles. The Bertz CT molecular complexity index is 318. The van der Waals surface area contributed by atoms with Crippen molar-refractivity contribution in [3.05, 3.63) is 12.2 Å². The lowest BCUT2D eigenvalue weighted by atomic mass is 9.96. The molecule has 0 aliphatic rings. The van der Waals surface area contributed by atoms with Crippen molar-refractivity contribution < 1.29 is 14.3 Å². The summed E-state index contributed by atoms with van der Waals surface area (Å²) in [6.07, 6.45) is 8.52. The Hall–Kier alpha value is -1.12. The van der Waals surface area contributed by atoms with Crippen LogP contribution in [0.1, 0.15) is 60.3 Å². The number of ether oxygens (including phenoxy) is 1. The molecule has 0 radical (unpaired) electrons. The van der Waals surface area contributed by atoms with Crippen LogP contribution in [0.2, 0.25) is 0 Å². The van der Waals surface area contributed by atoms with Crippen molar-refractivity contribution in [1.82, 2.24) is 0 Å². The maximum absolute atomic E-state index is 11.6. The highest BCUT2D eigenvalue weighted by Crippen LogP contribution is 2.16. The monoisotopic (exact) mass is 282 g/mol. The number of Topliss-reactive ketones (excluding diaryl/α,β-unsaturated/α-hetero) is 1. The largest absolute Gasteiger partial charge is 0.460 e. The summed E-state index contributed by atoms with van der Waals surface area (Å²) in [6, 6.07) is 0.